The van der Waals surface area contributed by atoms with Gasteiger partial charge in [0, 0.05) is 12.1 Å². The number of rotatable bonds is 4. The highest BCUT2D eigenvalue weighted by atomic mass is 19.4. The van der Waals surface area contributed by atoms with E-state index in [2.05, 4.69) is 10.3 Å². The number of amides is 1. The van der Waals surface area contributed by atoms with Crippen molar-refractivity contribution in [3.63, 3.8) is 0 Å². The fourth-order valence-electron chi connectivity index (χ4n) is 2.90. The molecule has 0 atom stereocenters. The molecule has 1 aliphatic rings. The molecule has 2 N–H and O–H groups in total. The van der Waals surface area contributed by atoms with Gasteiger partial charge in [-0.2, -0.15) is 13.2 Å². The molecule has 1 aromatic carbocycles. The summed E-state index contributed by atoms with van der Waals surface area (Å²) < 4.78 is 44.6. The van der Waals surface area contributed by atoms with E-state index in [9.17, 15) is 18.0 Å². The molecule has 1 saturated carbocycles. The highest BCUT2D eigenvalue weighted by molar-refractivity contribution is 5.78. The number of carbonyl (C=O) groups excluding carboxylic acids is 1. The number of halogens is 3. The van der Waals surface area contributed by atoms with Crippen molar-refractivity contribution in [2.45, 2.75) is 31.5 Å². The predicted molar refractivity (Wildman–Crippen MR) is 96.8 cm³/mol. The van der Waals surface area contributed by atoms with Crippen LogP contribution in [0.1, 0.15) is 35.9 Å². The zero-order valence-electron chi connectivity index (χ0n) is 15.2. The second kappa shape index (κ2) is 7.23. The fraction of sp³-hybridized carbons (Fsp3) is 0.250. The van der Waals surface area contributed by atoms with Crippen LogP contribution in [-0.4, -0.2) is 15.6 Å². The quantitative estimate of drug-likeness (QED) is 0.683. The highest BCUT2D eigenvalue weighted by Crippen LogP contribution is 2.39. The SMILES string of the molecule is N=c1ccc(-c2ccc(C(F)(F)F)cc2)cn1C(=O)NCc1nc(C2CC2)co1. The molecule has 3 aromatic rings. The predicted octanol–water partition coefficient (Wildman–Crippen LogP) is 4.28. The van der Waals surface area contributed by atoms with Crippen molar-refractivity contribution in [3.8, 4) is 11.1 Å². The molecule has 29 heavy (non-hydrogen) atoms. The van der Waals surface area contributed by atoms with Crippen LogP contribution in [0, 0.1) is 5.41 Å². The van der Waals surface area contributed by atoms with Gasteiger partial charge in [0.05, 0.1) is 17.8 Å². The lowest BCUT2D eigenvalue weighted by Crippen LogP contribution is -2.35. The van der Waals surface area contributed by atoms with Crippen LogP contribution in [0.25, 0.3) is 11.1 Å². The van der Waals surface area contributed by atoms with E-state index in [1.807, 2.05) is 0 Å². The molecule has 1 fully saturated rings. The highest BCUT2D eigenvalue weighted by Gasteiger charge is 2.30. The molecule has 0 aliphatic heterocycles. The number of hydrogen-bond donors (Lipinski definition) is 2. The number of benzene rings is 1. The number of nitrogens with one attached hydrogen (secondary N) is 2. The van der Waals surface area contributed by atoms with Crippen molar-refractivity contribution >= 4 is 6.03 Å². The van der Waals surface area contributed by atoms with Gasteiger partial charge in [-0.1, -0.05) is 12.1 Å². The van der Waals surface area contributed by atoms with E-state index in [1.165, 1.54) is 24.4 Å². The van der Waals surface area contributed by atoms with Gasteiger partial charge >= 0.3 is 12.2 Å². The van der Waals surface area contributed by atoms with Crippen molar-refractivity contribution in [2.24, 2.45) is 0 Å². The third kappa shape index (κ3) is 4.23. The number of nitrogens with zero attached hydrogens (tertiary/aromatic N) is 2. The third-order valence-electron chi connectivity index (χ3n) is 4.67. The summed E-state index contributed by atoms with van der Waals surface area (Å²) in [6.07, 6.45) is 0.766. The number of carbonyl (C=O) groups is 1. The van der Waals surface area contributed by atoms with E-state index in [-0.39, 0.29) is 12.0 Å². The first-order chi connectivity index (χ1) is 13.8. The first-order valence-corrected chi connectivity index (χ1v) is 8.99. The lowest BCUT2D eigenvalue weighted by molar-refractivity contribution is -0.137. The van der Waals surface area contributed by atoms with E-state index in [0.717, 1.165) is 35.2 Å². The summed E-state index contributed by atoms with van der Waals surface area (Å²) in [5.74, 6) is 0.823. The number of oxazole rings is 1. The van der Waals surface area contributed by atoms with Crippen LogP contribution in [0.4, 0.5) is 18.0 Å². The Bertz CT molecular complexity index is 1100. The van der Waals surface area contributed by atoms with Crippen LogP contribution in [0.3, 0.4) is 0 Å². The van der Waals surface area contributed by atoms with Gasteiger partial charge in [0.1, 0.15) is 11.8 Å². The molecule has 1 aliphatic carbocycles. The minimum Gasteiger partial charge on any atom is -0.447 e. The Morgan fingerprint density at radius 2 is 1.86 bits per heavy atom. The maximum absolute atomic E-state index is 12.7. The molecule has 2 aromatic heterocycles. The summed E-state index contributed by atoms with van der Waals surface area (Å²) in [4.78, 5) is 16.8. The van der Waals surface area contributed by atoms with Crippen molar-refractivity contribution in [3.05, 3.63) is 71.5 Å². The second-order valence-corrected chi connectivity index (χ2v) is 6.85. The van der Waals surface area contributed by atoms with Crippen molar-refractivity contribution < 1.29 is 22.4 Å². The Hall–Kier alpha value is -3.36. The van der Waals surface area contributed by atoms with Crippen LogP contribution in [0.5, 0.6) is 0 Å². The average molecular weight is 402 g/mol. The molecular weight excluding hydrogens is 385 g/mol. The topological polar surface area (TPSA) is 83.9 Å². The summed E-state index contributed by atoms with van der Waals surface area (Å²) in [5.41, 5.74) is 1.08. The van der Waals surface area contributed by atoms with Crippen LogP contribution in [0.15, 0.2) is 53.3 Å². The summed E-state index contributed by atoms with van der Waals surface area (Å²) >= 11 is 0. The zero-order chi connectivity index (χ0) is 20.6. The average Bonchev–Trinajstić information content (AvgIpc) is 3.44. The normalized spacial score (nSPS) is 14.0. The molecule has 6 nitrogen and oxygen atoms in total. The first-order valence-electron chi connectivity index (χ1n) is 8.99. The number of hydrogen-bond acceptors (Lipinski definition) is 4. The minimum absolute atomic E-state index is 0.0655. The summed E-state index contributed by atoms with van der Waals surface area (Å²) in [5, 5.41) is 10.6. The Morgan fingerprint density at radius 1 is 1.17 bits per heavy atom. The first kappa shape index (κ1) is 19.0. The maximum atomic E-state index is 12.7. The Balaban J connectivity index is 1.49. The van der Waals surface area contributed by atoms with Crippen LogP contribution in [0.2, 0.25) is 0 Å². The molecule has 9 heteroatoms. The lowest BCUT2D eigenvalue weighted by atomic mass is 10.1. The second-order valence-electron chi connectivity index (χ2n) is 6.85. The zero-order valence-corrected chi connectivity index (χ0v) is 15.2. The van der Waals surface area contributed by atoms with Crippen molar-refractivity contribution in [1.82, 2.24) is 14.9 Å². The van der Waals surface area contributed by atoms with Gasteiger partial charge in [0.15, 0.2) is 0 Å². The fourth-order valence-corrected chi connectivity index (χ4v) is 2.90. The van der Waals surface area contributed by atoms with Crippen LogP contribution in [-0.2, 0) is 12.7 Å². The monoisotopic (exact) mass is 402 g/mol. The summed E-state index contributed by atoms with van der Waals surface area (Å²) in [6.45, 7) is 0.0719. The van der Waals surface area contributed by atoms with E-state index in [0.29, 0.717) is 22.9 Å². The molecule has 0 bridgehead atoms. The lowest BCUT2D eigenvalue weighted by Gasteiger charge is -2.11. The molecule has 0 saturated heterocycles. The number of aromatic nitrogens is 2. The van der Waals surface area contributed by atoms with Gasteiger partial charge in [-0.05, 0) is 48.2 Å². The molecule has 150 valence electrons. The van der Waals surface area contributed by atoms with Gasteiger partial charge in [0.2, 0.25) is 5.89 Å². The maximum Gasteiger partial charge on any atom is 0.416 e. The number of pyridine rings is 1. The standard InChI is InChI=1S/C20H17F3N4O2/c21-20(22,23)15-6-3-12(4-7-15)14-5-8-17(24)27(10-14)19(28)25-9-18-26-16(11-29-18)13-1-2-13/h3-8,10-11,13,24H,1-2,9H2,(H,25,28). The smallest absolute Gasteiger partial charge is 0.416 e. The Labute approximate surface area is 163 Å². The van der Waals surface area contributed by atoms with Gasteiger partial charge in [0.25, 0.3) is 0 Å². The third-order valence-corrected chi connectivity index (χ3v) is 4.67. The molecule has 0 spiro atoms. The molecule has 0 radical (unpaired) electrons. The minimum atomic E-state index is -4.41. The van der Waals surface area contributed by atoms with Crippen molar-refractivity contribution in [2.75, 3.05) is 0 Å². The molecule has 1 amide bonds. The molecule has 0 unspecified atom stereocenters. The molecule has 4 rings (SSSR count). The van der Waals surface area contributed by atoms with Crippen LogP contribution >= 0.6 is 0 Å². The largest absolute Gasteiger partial charge is 0.447 e. The molecule has 2 heterocycles. The van der Waals surface area contributed by atoms with Gasteiger partial charge in [-0.3, -0.25) is 9.98 Å². The number of alkyl halides is 3. The van der Waals surface area contributed by atoms with E-state index in [4.69, 9.17) is 9.83 Å². The Morgan fingerprint density at radius 3 is 2.52 bits per heavy atom. The van der Waals surface area contributed by atoms with E-state index in [1.54, 1.807) is 12.3 Å². The Kier molecular flexibility index (Phi) is 4.73. The summed E-state index contributed by atoms with van der Waals surface area (Å²) in [7, 11) is 0. The van der Waals surface area contributed by atoms with Gasteiger partial charge in [-0.15, -0.1) is 0 Å². The van der Waals surface area contributed by atoms with E-state index < -0.39 is 17.8 Å². The summed E-state index contributed by atoms with van der Waals surface area (Å²) in [6, 6.07) is 7.04. The molecular formula is C20H17F3N4O2. The van der Waals surface area contributed by atoms with Gasteiger partial charge in [-0.25, -0.2) is 9.78 Å². The van der Waals surface area contributed by atoms with Crippen molar-refractivity contribution in [1.29, 1.82) is 5.41 Å². The van der Waals surface area contributed by atoms with E-state index >= 15 is 0 Å². The van der Waals surface area contributed by atoms with Crippen LogP contribution < -0.4 is 10.8 Å². The van der Waals surface area contributed by atoms with Gasteiger partial charge < -0.3 is 9.73 Å².